The molecule has 1 fully saturated rings. The molecule has 2 amide bonds. The minimum Gasteiger partial charge on any atom is -0.497 e. The van der Waals surface area contributed by atoms with Gasteiger partial charge < -0.3 is 19.7 Å². The van der Waals surface area contributed by atoms with Crippen LogP contribution in [0, 0.1) is 5.92 Å². The molecule has 4 rings (SSSR count). The van der Waals surface area contributed by atoms with Crippen LogP contribution in [0.1, 0.15) is 28.8 Å². The maximum atomic E-state index is 13.4. The van der Waals surface area contributed by atoms with Crippen LogP contribution >= 0.6 is 0 Å². The monoisotopic (exact) mass is 446 g/mol. The Bertz CT molecular complexity index is 1130. The predicted octanol–water partition coefficient (Wildman–Crippen LogP) is 4.07. The molecule has 6 nitrogen and oxygen atoms in total. The van der Waals surface area contributed by atoms with Crippen molar-refractivity contribution < 1.29 is 19.1 Å². The number of carbonyl (C=O) groups is 2. The summed E-state index contributed by atoms with van der Waals surface area (Å²) < 4.78 is 10.6. The number of ether oxygens (including phenoxy) is 2. The van der Waals surface area contributed by atoms with E-state index in [0.29, 0.717) is 25.2 Å². The second-order valence-corrected chi connectivity index (χ2v) is 8.34. The molecule has 3 aromatic rings. The lowest BCUT2D eigenvalue weighted by Gasteiger charge is -2.32. The van der Waals surface area contributed by atoms with E-state index < -0.39 is 0 Å². The number of hydrogen-bond donors (Lipinski definition) is 1. The summed E-state index contributed by atoms with van der Waals surface area (Å²) in [5.74, 6) is 1.35. The highest BCUT2D eigenvalue weighted by molar-refractivity contribution is 6.08. The van der Waals surface area contributed by atoms with Crippen molar-refractivity contribution in [1.82, 2.24) is 10.2 Å². The number of hydrogen-bond acceptors (Lipinski definition) is 4. The first-order valence-electron chi connectivity index (χ1n) is 11.4. The number of piperidine rings is 1. The Balaban J connectivity index is 1.38. The van der Waals surface area contributed by atoms with E-state index in [4.69, 9.17) is 9.47 Å². The number of benzene rings is 3. The summed E-state index contributed by atoms with van der Waals surface area (Å²) in [4.78, 5) is 28.0. The standard InChI is InChI=1S/C27H30N2O4/c1-32-21-11-9-19(10-12-21)15-16-28-26(30)20-6-5-17-29(18-20)27(31)24-13-14-25(33-2)23-8-4-3-7-22(23)24/h3-4,7-14,20H,5-6,15-18H2,1-2H3,(H,28,30). The molecule has 0 spiro atoms. The lowest BCUT2D eigenvalue weighted by atomic mass is 9.95. The molecule has 0 aliphatic carbocycles. The van der Waals surface area contributed by atoms with E-state index in [-0.39, 0.29) is 17.7 Å². The van der Waals surface area contributed by atoms with E-state index >= 15 is 0 Å². The molecule has 172 valence electrons. The summed E-state index contributed by atoms with van der Waals surface area (Å²) >= 11 is 0. The summed E-state index contributed by atoms with van der Waals surface area (Å²) in [5, 5.41) is 4.83. The number of methoxy groups -OCH3 is 2. The quantitative estimate of drug-likeness (QED) is 0.594. The van der Waals surface area contributed by atoms with Gasteiger partial charge in [0.1, 0.15) is 11.5 Å². The van der Waals surface area contributed by atoms with E-state index in [9.17, 15) is 9.59 Å². The molecule has 1 saturated heterocycles. The van der Waals surface area contributed by atoms with Crippen molar-refractivity contribution in [1.29, 1.82) is 0 Å². The van der Waals surface area contributed by atoms with Gasteiger partial charge in [0.05, 0.1) is 20.1 Å². The SMILES string of the molecule is COc1ccc(CCNC(=O)C2CCCN(C(=O)c3ccc(OC)c4ccccc34)C2)cc1. The van der Waals surface area contributed by atoms with Gasteiger partial charge in [-0.2, -0.15) is 0 Å². The normalized spacial score (nSPS) is 15.8. The highest BCUT2D eigenvalue weighted by Gasteiger charge is 2.29. The molecular formula is C27H30N2O4. The summed E-state index contributed by atoms with van der Waals surface area (Å²) in [6, 6.07) is 19.3. The molecule has 0 aromatic heterocycles. The van der Waals surface area contributed by atoms with Gasteiger partial charge in [-0.3, -0.25) is 9.59 Å². The average Bonchev–Trinajstić information content (AvgIpc) is 2.88. The van der Waals surface area contributed by atoms with Gasteiger partial charge in [-0.1, -0.05) is 36.4 Å². The Labute approximate surface area is 194 Å². The van der Waals surface area contributed by atoms with Crippen LogP contribution in [0.15, 0.2) is 60.7 Å². The Hall–Kier alpha value is -3.54. The molecule has 3 aromatic carbocycles. The number of rotatable bonds is 7. The fourth-order valence-corrected chi connectivity index (χ4v) is 4.45. The van der Waals surface area contributed by atoms with Crippen molar-refractivity contribution in [3.8, 4) is 11.5 Å². The van der Waals surface area contributed by atoms with E-state index in [1.54, 1.807) is 14.2 Å². The van der Waals surface area contributed by atoms with Crippen molar-refractivity contribution in [2.75, 3.05) is 33.9 Å². The van der Waals surface area contributed by atoms with Gasteiger partial charge >= 0.3 is 0 Å². The molecule has 1 aliphatic heterocycles. The Kier molecular flexibility index (Phi) is 7.13. The smallest absolute Gasteiger partial charge is 0.254 e. The first kappa shape index (κ1) is 22.6. The highest BCUT2D eigenvalue weighted by Crippen LogP contribution is 2.30. The van der Waals surface area contributed by atoms with Crippen molar-refractivity contribution in [3.05, 3.63) is 71.8 Å². The van der Waals surface area contributed by atoms with Crippen LogP contribution in [0.3, 0.4) is 0 Å². The van der Waals surface area contributed by atoms with Crippen LogP contribution in [-0.4, -0.2) is 50.6 Å². The molecule has 1 aliphatic rings. The topological polar surface area (TPSA) is 67.9 Å². The minimum atomic E-state index is -0.192. The zero-order valence-corrected chi connectivity index (χ0v) is 19.2. The molecular weight excluding hydrogens is 416 g/mol. The predicted molar refractivity (Wildman–Crippen MR) is 129 cm³/mol. The van der Waals surface area contributed by atoms with Gasteiger partial charge in [0, 0.05) is 30.6 Å². The van der Waals surface area contributed by atoms with Gasteiger partial charge in [-0.25, -0.2) is 0 Å². The van der Waals surface area contributed by atoms with Crippen LogP contribution in [0.5, 0.6) is 11.5 Å². The van der Waals surface area contributed by atoms with Crippen LogP contribution in [-0.2, 0) is 11.2 Å². The number of likely N-dealkylation sites (tertiary alicyclic amines) is 1. The van der Waals surface area contributed by atoms with Gasteiger partial charge in [0.25, 0.3) is 5.91 Å². The maximum Gasteiger partial charge on any atom is 0.254 e. The number of amides is 2. The van der Waals surface area contributed by atoms with Crippen molar-refractivity contribution in [3.63, 3.8) is 0 Å². The molecule has 0 bridgehead atoms. The number of nitrogens with one attached hydrogen (secondary N) is 1. The first-order valence-corrected chi connectivity index (χ1v) is 11.4. The van der Waals surface area contributed by atoms with Crippen LogP contribution in [0.4, 0.5) is 0 Å². The molecule has 1 N–H and O–H groups in total. The fraction of sp³-hybridized carbons (Fsp3) is 0.333. The van der Waals surface area contributed by atoms with Crippen LogP contribution in [0.2, 0.25) is 0 Å². The molecule has 1 unspecified atom stereocenters. The Morgan fingerprint density at radius 3 is 2.45 bits per heavy atom. The first-order chi connectivity index (χ1) is 16.1. The third-order valence-corrected chi connectivity index (χ3v) is 6.29. The summed E-state index contributed by atoms with van der Waals surface area (Å²) in [6.45, 7) is 1.67. The van der Waals surface area contributed by atoms with E-state index in [0.717, 1.165) is 47.1 Å². The van der Waals surface area contributed by atoms with Crippen LogP contribution in [0.25, 0.3) is 10.8 Å². The molecule has 33 heavy (non-hydrogen) atoms. The van der Waals surface area contributed by atoms with Gasteiger partial charge in [0.2, 0.25) is 5.91 Å². The number of fused-ring (bicyclic) bond motifs is 1. The third-order valence-electron chi connectivity index (χ3n) is 6.29. The molecule has 1 atom stereocenters. The fourth-order valence-electron chi connectivity index (χ4n) is 4.45. The lowest BCUT2D eigenvalue weighted by Crippen LogP contribution is -2.45. The molecule has 0 saturated carbocycles. The van der Waals surface area contributed by atoms with Gasteiger partial charge in [-0.15, -0.1) is 0 Å². The van der Waals surface area contributed by atoms with Gasteiger partial charge in [-0.05, 0) is 54.5 Å². The second kappa shape index (κ2) is 10.4. The Morgan fingerprint density at radius 1 is 0.970 bits per heavy atom. The second-order valence-electron chi connectivity index (χ2n) is 8.34. The Morgan fingerprint density at radius 2 is 1.73 bits per heavy atom. The summed E-state index contributed by atoms with van der Waals surface area (Å²) in [7, 11) is 3.27. The van der Waals surface area contributed by atoms with Crippen molar-refractivity contribution in [2.45, 2.75) is 19.3 Å². The zero-order valence-electron chi connectivity index (χ0n) is 19.2. The van der Waals surface area contributed by atoms with E-state index in [2.05, 4.69) is 5.32 Å². The molecule has 6 heteroatoms. The zero-order chi connectivity index (χ0) is 23.2. The lowest BCUT2D eigenvalue weighted by molar-refractivity contribution is -0.126. The minimum absolute atomic E-state index is 0.0144. The van der Waals surface area contributed by atoms with Gasteiger partial charge in [0.15, 0.2) is 0 Å². The highest BCUT2D eigenvalue weighted by atomic mass is 16.5. The largest absolute Gasteiger partial charge is 0.497 e. The number of carbonyl (C=O) groups excluding carboxylic acids is 2. The average molecular weight is 447 g/mol. The summed E-state index contributed by atoms with van der Waals surface area (Å²) in [5.41, 5.74) is 1.79. The van der Waals surface area contributed by atoms with E-state index in [1.165, 1.54) is 0 Å². The number of nitrogens with zero attached hydrogens (tertiary/aromatic N) is 1. The van der Waals surface area contributed by atoms with Crippen molar-refractivity contribution >= 4 is 22.6 Å². The van der Waals surface area contributed by atoms with E-state index in [1.807, 2.05) is 65.6 Å². The summed E-state index contributed by atoms with van der Waals surface area (Å²) in [6.07, 6.45) is 2.36. The van der Waals surface area contributed by atoms with Crippen LogP contribution < -0.4 is 14.8 Å². The third kappa shape index (κ3) is 5.11. The molecule has 0 radical (unpaired) electrons. The maximum absolute atomic E-state index is 13.4. The van der Waals surface area contributed by atoms with Crippen molar-refractivity contribution in [2.24, 2.45) is 5.92 Å². The molecule has 1 heterocycles.